The molecule has 0 spiro atoms. The Hall–Kier alpha value is -1.06. The van der Waals surface area contributed by atoms with E-state index < -0.39 is 17.9 Å². The Balaban J connectivity index is 3.99. The van der Waals surface area contributed by atoms with Crippen LogP contribution in [0.4, 0.5) is 0 Å². The highest BCUT2D eigenvalue weighted by atomic mass is 16.4. The molecule has 0 aromatic heterocycles. The van der Waals surface area contributed by atoms with Crippen LogP contribution in [0.3, 0.4) is 0 Å². The molecule has 0 saturated heterocycles. The van der Waals surface area contributed by atoms with Crippen LogP contribution in [0.15, 0.2) is 0 Å². The van der Waals surface area contributed by atoms with E-state index in [1.165, 1.54) is 0 Å². The normalized spacial score (nSPS) is 13.5. The van der Waals surface area contributed by atoms with E-state index in [2.05, 4.69) is 0 Å². The molecule has 0 fully saturated rings. The highest BCUT2D eigenvalue weighted by Gasteiger charge is 2.30. The lowest BCUT2D eigenvalue weighted by Gasteiger charge is -2.26. The van der Waals surface area contributed by atoms with Gasteiger partial charge in [0, 0.05) is 6.42 Å². The van der Waals surface area contributed by atoms with Crippen molar-refractivity contribution >= 4 is 11.9 Å². The third-order valence-electron chi connectivity index (χ3n) is 2.48. The predicted molar refractivity (Wildman–Crippen MR) is 56.7 cm³/mol. The summed E-state index contributed by atoms with van der Waals surface area (Å²) < 4.78 is 0. The zero-order valence-electron chi connectivity index (χ0n) is 9.62. The Labute approximate surface area is 90.3 Å². The van der Waals surface area contributed by atoms with Gasteiger partial charge in [-0.1, -0.05) is 27.2 Å². The van der Waals surface area contributed by atoms with Crippen LogP contribution in [0.1, 0.15) is 46.5 Å². The summed E-state index contributed by atoms with van der Waals surface area (Å²) in [5.74, 6) is -2.01. The topological polar surface area (TPSA) is 74.6 Å². The summed E-state index contributed by atoms with van der Waals surface area (Å²) in [6, 6.07) is 0. The van der Waals surface area contributed by atoms with Gasteiger partial charge in [-0.2, -0.15) is 0 Å². The van der Waals surface area contributed by atoms with E-state index >= 15 is 0 Å². The molecule has 0 aromatic carbocycles. The monoisotopic (exact) mass is 216 g/mol. The molecule has 1 unspecified atom stereocenters. The van der Waals surface area contributed by atoms with Crippen LogP contribution in [-0.4, -0.2) is 22.2 Å². The van der Waals surface area contributed by atoms with Gasteiger partial charge in [0.1, 0.15) is 0 Å². The van der Waals surface area contributed by atoms with Crippen molar-refractivity contribution in [2.45, 2.75) is 46.5 Å². The Bertz CT molecular complexity index is 227. The van der Waals surface area contributed by atoms with Gasteiger partial charge in [-0.3, -0.25) is 9.59 Å². The summed E-state index contributed by atoms with van der Waals surface area (Å²) in [6.45, 7) is 5.68. The van der Waals surface area contributed by atoms with Crippen molar-refractivity contribution in [3.63, 3.8) is 0 Å². The number of unbranched alkanes of at least 4 members (excludes halogenated alkanes) is 1. The number of rotatable bonds is 6. The maximum absolute atomic E-state index is 11.0. The van der Waals surface area contributed by atoms with Gasteiger partial charge in [0.05, 0.1) is 5.92 Å². The minimum atomic E-state index is -0.822. The molecule has 0 rings (SSSR count). The fourth-order valence-corrected chi connectivity index (χ4v) is 1.55. The lowest BCUT2D eigenvalue weighted by atomic mass is 9.78. The predicted octanol–water partition coefficient (Wildman–Crippen LogP) is 2.38. The van der Waals surface area contributed by atoms with E-state index in [1.807, 2.05) is 20.8 Å². The first-order chi connectivity index (χ1) is 6.75. The Morgan fingerprint density at radius 2 is 1.67 bits per heavy atom. The summed E-state index contributed by atoms with van der Waals surface area (Å²) in [5.41, 5.74) is -0.269. The van der Waals surface area contributed by atoms with Crippen LogP contribution in [0.2, 0.25) is 0 Å². The van der Waals surface area contributed by atoms with Crippen molar-refractivity contribution in [3.8, 4) is 0 Å². The highest BCUT2D eigenvalue weighted by Crippen LogP contribution is 2.30. The van der Waals surface area contributed by atoms with Gasteiger partial charge >= 0.3 is 11.9 Å². The largest absolute Gasteiger partial charge is 0.481 e. The number of carboxylic acid groups (broad SMARTS) is 2. The lowest BCUT2D eigenvalue weighted by Crippen LogP contribution is -2.28. The Morgan fingerprint density at radius 3 is 2.00 bits per heavy atom. The molecule has 0 aliphatic heterocycles. The summed E-state index contributed by atoms with van der Waals surface area (Å²) in [7, 11) is 0. The molecular formula is C11H20O4. The standard InChI is InChI=1S/C11H20O4/c1-11(2,3)8(10(14)15)6-4-5-7-9(12)13/h8H,4-7H2,1-3H3,(H,12,13)(H,14,15). The molecule has 0 bridgehead atoms. The maximum Gasteiger partial charge on any atom is 0.307 e. The molecule has 0 aliphatic carbocycles. The molecule has 4 nitrogen and oxygen atoms in total. The van der Waals surface area contributed by atoms with Crippen LogP contribution < -0.4 is 0 Å². The molecule has 0 saturated carbocycles. The molecule has 1 atom stereocenters. The van der Waals surface area contributed by atoms with Gasteiger partial charge in [-0.25, -0.2) is 0 Å². The van der Waals surface area contributed by atoms with Crippen molar-refractivity contribution in [2.24, 2.45) is 11.3 Å². The lowest BCUT2D eigenvalue weighted by molar-refractivity contribution is -0.145. The average molecular weight is 216 g/mol. The Morgan fingerprint density at radius 1 is 1.13 bits per heavy atom. The molecule has 0 aromatic rings. The number of hydrogen-bond acceptors (Lipinski definition) is 2. The summed E-state index contributed by atoms with van der Waals surface area (Å²) in [4.78, 5) is 21.2. The van der Waals surface area contributed by atoms with E-state index in [1.54, 1.807) is 0 Å². The van der Waals surface area contributed by atoms with E-state index in [-0.39, 0.29) is 11.8 Å². The van der Waals surface area contributed by atoms with Gasteiger partial charge < -0.3 is 10.2 Å². The first-order valence-corrected chi connectivity index (χ1v) is 5.19. The van der Waals surface area contributed by atoms with Crippen LogP contribution in [0.5, 0.6) is 0 Å². The van der Waals surface area contributed by atoms with Crippen LogP contribution >= 0.6 is 0 Å². The minimum Gasteiger partial charge on any atom is -0.481 e. The molecule has 4 heteroatoms. The van der Waals surface area contributed by atoms with Gasteiger partial charge in [-0.15, -0.1) is 0 Å². The Kier molecular flexibility index (Phi) is 5.33. The fourth-order valence-electron chi connectivity index (χ4n) is 1.55. The molecule has 2 N–H and O–H groups in total. The van der Waals surface area contributed by atoms with Crippen molar-refractivity contribution in [1.82, 2.24) is 0 Å². The number of carboxylic acids is 2. The van der Waals surface area contributed by atoms with E-state index in [0.717, 1.165) is 0 Å². The van der Waals surface area contributed by atoms with Crippen molar-refractivity contribution in [2.75, 3.05) is 0 Å². The quantitative estimate of drug-likeness (QED) is 0.668. The first-order valence-electron chi connectivity index (χ1n) is 5.19. The summed E-state index contributed by atoms with van der Waals surface area (Å²) in [6.07, 6.45) is 1.87. The second-order valence-electron chi connectivity index (χ2n) is 4.90. The fraction of sp³-hybridized carbons (Fsp3) is 0.818. The summed E-state index contributed by atoms with van der Waals surface area (Å²) in [5, 5.41) is 17.4. The van der Waals surface area contributed by atoms with Gasteiger partial charge in [-0.05, 0) is 18.3 Å². The van der Waals surface area contributed by atoms with Crippen LogP contribution in [-0.2, 0) is 9.59 Å². The third kappa shape index (κ3) is 6.10. The number of hydrogen-bond donors (Lipinski definition) is 2. The highest BCUT2D eigenvalue weighted by molar-refractivity contribution is 5.70. The zero-order valence-corrected chi connectivity index (χ0v) is 9.62. The molecule has 0 aliphatic rings. The second kappa shape index (κ2) is 5.73. The maximum atomic E-state index is 11.0. The van der Waals surface area contributed by atoms with Gasteiger partial charge in [0.15, 0.2) is 0 Å². The van der Waals surface area contributed by atoms with Gasteiger partial charge in [0.25, 0.3) is 0 Å². The van der Waals surface area contributed by atoms with Crippen molar-refractivity contribution in [3.05, 3.63) is 0 Å². The van der Waals surface area contributed by atoms with E-state index in [9.17, 15) is 9.59 Å². The third-order valence-corrected chi connectivity index (χ3v) is 2.48. The van der Waals surface area contributed by atoms with E-state index in [0.29, 0.717) is 19.3 Å². The molecule has 0 heterocycles. The van der Waals surface area contributed by atoms with Crippen LogP contribution in [0.25, 0.3) is 0 Å². The van der Waals surface area contributed by atoms with Crippen LogP contribution in [0, 0.1) is 11.3 Å². The molecule has 88 valence electrons. The van der Waals surface area contributed by atoms with E-state index in [4.69, 9.17) is 10.2 Å². The first kappa shape index (κ1) is 13.9. The zero-order chi connectivity index (χ0) is 12.1. The molecule has 15 heavy (non-hydrogen) atoms. The SMILES string of the molecule is CC(C)(C)C(CCCCC(=O)O)C(=O)O. The van der Waals surface area contributed by atoms with Crippen molar-refractivity contribution < 1.29 is 19.8 Å². The molecule has 0 radical (unpaired) electrons. The summed E-state index contributed by atoms with van der Waals surface area (Å²) >= 11 is 0. The average Bonchev–Trinajstić information content (AvgIpc) is 1.99. The number of carbonyl (C=O) groups is 2. The second-order valence-corrected chi connectivity index (χ2v) is 4.90. The molecule has 0 amide bonds. The van der Waals surface area contributed by atoms with Gasteiger partial charge in [0.2, 0.25) is 0 Å². The minimum absolute atomic E-state index is 0.122. The smallest absolute Gasteiger partial charge is 0.307 e. The number of aliphatic carboxylic acids is 2. The van der Waals surface area contributed by atoms with Crippen molar-refractivity contribution in [1.29, 1.82) is 0 Å². The molecular weight excluding hydrogens is 196 g/mol.